The summed E-state index contributed by atoms with van der Waals surface area (Å²) in [5.74, 6) is -0.474. The Morgan fingerprint density at radius 1 is 1.26 bits per heavy atom. The number of rotatable bonds is 5. The first kappa shape index (κ1) is 20.7. The van der Waals surface area contributed by atoms with Gasteiger partial charge in [0.25, 0.3) is 0 Å². The van der Waals surface area contributed by atoms with Gasteiger partial charge in [-0.15, -0.1) is 0 Å². The van der Waals surface area contributed by atoms with E-state index < -0.39 is 23.9 Å². The molecule has 2 heterocycles. The van der Waals surface area contributed by atoms with Crippen LogP contribution < -0.4 is 15.4 Å². The Hall–Kier alpha value is -3.52. The van der Waals surface area contributed by atoms with Gasteiger partial charge in [0.2, 0.25) is 5.91 Å². The Morgan fingerprint density at radius 3 is 2.68 bits per heavy atom. The molecule has 2 aromatic carbocycles. The molecular weight excluding hydrogens is 422 g/mol. The Balaban J connectivity index is 1.56. The number of carbonyl (C=O) groups excluding carboxylic acids is 3. The average Bonchev–Trinajstić information content (AvgIpc) is 3.12. The van der Waals surface area contributed by atoms with Gasteiger partial charge in [0, 0.05) is 5.69 Å². The zero-order valence-electron chi connectivity index (χ0n) is 16.9. The van der Waals surface area contributed by atoms with Crippen LogP contribution in [0, 0.1) is 6.92 Å². The van der Waals surface area contributed by atoms with Crippen molar-refractivity contribution in [3.05, 3.63) is 69.9 Å². The van der Waals surface area contributed by atoms with Crippen LogP contribution in [0.25, 0.3) is 0 Å². The fraction of sp³-hybridized carbons (Fsp3) is 0.227. The number of carbonyl (C=O) groups is 3. The molecule has 0 saturated carbocycles. The van der Waals surface area contributed by atoms with Crippen LogP contribution in [0.4, 0.5) is 10.5 Å². The number of aryl methyl sites for hydroxylation is 1. The van der Waals surface area contributed by atoms with E-state index in [0.717, 1.165) is 11.1 Å². The number of hydrogen-bond acceptors (Lipinski definition) is 5. The molecule has 0 unspecified atom stereocenters. The van der Waals surface area contributed by atoms with Gasteiger partial charge in [-0.1, -0.05) is 41.4 Å². The molecule has 160 valence electrons. The zero-order chi connectivity index (χ0) is 22.1. The molecule has 0 radical (unpaired) electrons. The molecule has 2 aromatic rings. The highest BCUT2D eigenvalue weighted by Crippen LogP contribution is 2.35. The molecule has 0 fully saturated rings. The van der Waals surface area contributed by atoms with Crippen LogP contribution in [0.1, 0.15) is 17.2 Å². The van der Waals surface area contributed by atoms with E-state index in [1.807, 2.05) is 31.2 Å². The molecule has 1 atom stereocenters. The third kappa shape index (κ3) is 4.06. The molecule has 0 spiro atoms. The number of halogens is 1. The van der Waals surface area contributed by atoms with E-state index in [-0.39, 0.29) is 13.2 Å². The van der Waals surface area contributed by atoms with Crippen molar-refractivity contribution in [2.45, 2.75) is 13.0 Å². The third-order valence-corrected chi connectivity index (χ3v) is 5.44. The number of anilines is 1. The Kier molecular flexibility index (Phi) is 5.56. The first-order chi connectivity index (χ1) is 14.9. The lowest BCUT2D eigenvalue weighted by Crippen LogP contribution is -2.49. The molecule has 8 nitrogen and oxygen atoms in total. The number of esters is 1. The van der Waals surface area contributed by atoms with Gasteiger partial charge in [-0.2, -0.15) is 0 Å². The molecule has 0 saturated heterocycles. The highest BCUT2D eigenvalue weighted by molar-refractivity contribution is 6.32. The van der Waals surface area contributed by atoms with Gasteiger partial charge in [-0.25, -0.2) is 9.59 Å². The Morgan fingerprint density at radius 2 is 2.00 bits per heavy atom. The maximum absolute atomic E-state index is 12.8. The van der Waals surface area contributed by atoms with E-state index in [0.29, 0.717) is 27.7 Å². The summed E-state index contributed by atoms with van der Waals surface area (Å²) in [5.41, 5.74) is 3.01. The molecule has 0 aliphatic carbocycles. The Labute approximate surface area is 183 Å². The van der Waals surface area contributed by atoms with Crippen LogP contribution in [0.15, 0.2) is 53.7 Å². The fourth-order valence-corrected chi connectivity index (χ4v) is 3.83. The molecule has 31 heavy (non-hydrogen) atoms. The summed E-state index contributed by atoms with van der Waals surface area (Å²) in [6.07, 6.45) is 0. The first-order valence-corrected chi connectivity index (χ1v) is 9.93. The van der Waals surface area contributed by atoms with Crippen molar-refractivity contribution < 1.29 is 23.9 Å². The lowest BCUT2D eigenvalue weighted by molar-refractivity contribution is -0.136. The van der Waals surface area contributed by atoms with Gasteiger partial charge in [-0.3, -0.25) is 9.69 Å². The first-order valence-electron chi connectivity index (χ1n) is 9.55. The Bertz CT molecular complexity index is 1100. The quantitative estimate of drug-likeness (QED) is 0.694. The van der Waals surface area contributed by atoms with Gasteiger partial charge >= 0.3 is 12.0 Å². The van der Waals surface area contributed by atoms with Crippen molar-refractivity contribution in [3.8, 4) is 5.75 Å². The summed E-state index contributed by atoms with van der Waals surface area (Å²) < 4.78 is 10.3. The van der Waals surface area contributed by atoms with Crippen LogP contribution in [-0.2, 0) is 14.3 Å². The molecule has 2 N–H and O–H groups in total. The standard InChI is InChI=1S/C22H20ClN3O5/c1-12-3-5-13(6-4-12)20-19-16(11-31-21(19)28)26(22(29)25-20)10-18(27)24-14-7-8-17(30-2)15(23)9-14/h3-9,20H,10-11H2,1-2H3,(H,24,27)(H,25,29)/t20-/m1/s1. The van der Waals surface area contributed by atoms with Gasteiger partial charge in [-0.05, 0) is 30.7 Å². The van der Waals surface area contributed by atoms with Crippen molar-refractivity contribution in [1.82, 2.24) is 10.2 Å². The number of nitrogens with zero attached hydrogens (tertiary/aromatic N) is 1. The van der Waals surface area contributed by atoms with E-state index in [2.05, 4.69) is 10.6 Å². The number of amides is 3. The number of nitrogens with one attached hydrogen (secondary N) is 2. The van der Waals surface area contributed by atoms with Crippen LogP contribution in [0.3, 0.4) is 0 Å². The van der Waals surface area contributed by atoms with E-state index in [1.165, 1.54) is 12.0 Å². The zero-order valence-corrected chi connectivity index (χ0v) is 17.7. The van der Waals surface area contributed by atoms with E-state index in [4.69, 9.17) is 21.1 Å². The number of methoxy groups -OCH3 is 1. The average molecular weight is 442 g/mol. The molecule has 9 heteroatoms. The van der Waals surface area contributed by atoms with Gasteiger partial charge < -0.3 is 20.1 Å². The molecule has 2 aliphatic rings. The van der Waals surface area contributed by atoms with Gasteiger partial charge in [0.15, 0.2) is 0 Å². The smallest absolute Gasteiger partial charge is 0.338 e. The van der Waals surface area contributed by atoms with Gasteiger partial charge in [0.05, 0.1) is 29.4 Å². The van der Waals surface area contributed by atoms with Crippen molar-refractivity contribution in [2.75, 3.05) is 25.6 Å². The number of ether oxygens (including phenoxy) is 2. The second kappa shape index (κ2) is 8.31. The van der Waals surface area contributed by atoms with Gasteiger partial charge in [0.1, 0.15) is 18.9 Å². The predicted octanol–water partition coefficient (Wildman–Crippen LogP) is 3.17. The fourth-order valence-electron chi connectivity index (χ4n) is 3.58. The monoisotopic (exact) mass is 441 g/mol. The molecule has 2 aliphatic heterocycles. The normalized spacial score (nSPS) is 17.8. The summed E-state index contributed by atoms with van der Waals surface area (Å²) in [4.78, 5) is 39.0. The summed E-state index contributed by atoms with van der Waals surface area (Å²) in [6.45, 7) is 1.60. The molecule has 3 amide bonds. The molecule has 0 aromatic heterocycles. The van der Waals surface area contributed by atoms with E-state index >= 15 is 0 Å². The highest BCUT2D eigenvalue weighted by Gasteiger charge is 2.42. The van der Waals surface area contributed by atoms with Crippen molar-refractivity contribution in [2.24, 2.45) is 0 Å². The van der Waals surface area contributed by atoms with E-state index in [9.17, 15) is 14.4 Å². The van der Waals surface area contributed by atoms with Crippen molar-refractivity contribution >= 4 is 35.2 Å². The topological polar surface area (TPSA) is 97.0 Å². The minimum Gasteiger partial charge on any atom is -0.495 e. The van der Waals surface area contributed by atoms with Crippen LogP contribution in [0.5, 0.6) is 5.75 Å². The summed E-state index contributed by atoms with van der Waals surface area (Å²) in [6, 6.07) is 11.2. The maximum Gasteiger partial charge on any atom is 0.338 e. The minimum absolute atomic E-state index is 0.0639. The second-order valence-electron chi connectivity index (χ2n) is 7.21. The molecule has 0 bridgehead atoms. The largest absolute Gasteiger partial charge is 0.495 e. The van der Waals surface area contributed by atoms with Crippen LogP contribution in [0.2, 0.25) is 5.02 Å². The second-order valence-corrected chi connectivity index (χ2v) is 7.62. The number of benzene rings is 2. The van der Waals surface area contributed by atoms with E-state index in [1.54, 1.807) is 18.2 Å². The van der Waals surface area contributed by atoms with Crippen molar-refractivity contribution in [1.29, 1.82) is 0 Å². The predicted molar refractivity (Wildman–Crippen MR) is 114 cm³/mol. The summed E-state index contributed by atoms with van der Waals surface area (Å²) in [7, 11) is 1.49. The molecular formula is C22H20ClN3O5. The van der Waals surface area contributed by atoms with Crippen LogP contribution in [-0.4, -0.2) is 43.1 Å². The third-order valence-electron chi connectivity index (χ3n) is 5.15. The van der Waals surface area contributed by atoms with Crippen molar-refractivity contribution in [3.63, 3.8) is 0 Å². The van der Waals surface area contributed by atoms with Crippen LogP contribution >= 0.6 is 11.6 Å². The minimum atomic E-state index is -0.627. The maximum atomic E-state index is 12.8. The lowest BCUT2D eigenvalue weighted by atomic mass is 9.95. The number of urea groups is 1. The lowest BCUT2D eigenvalue weighted by Gasteiger charge is -2.32. The molecule has 4 rings (SSSR count). The number of hydrogen-bond donors (Lipinski definition) is 2. The summed E-state index contributed by atoms with van der Waals surface area (Å²) in [5, 5.41) is 5.85. The summed E-state index contributed by atoms with van der Waals surface area (Å²) >= 11 is 6.09. The highest BCUT2D eigenvalue weighted by atomic mass is 35.5. The number of cyclic esters (lactones) is 1. The SMILES string of the molecule is COc1ccc(NC(=O)CN2C(=O)N[C@H](c3ccc(C)cc3)C3=C2COC3=O)cc1Cl.